The van der Waals surface area contributed by atoms with Gasteiger partial charge in [-0.2, -0.15) is 0 Å². The van der Waals surface area contributed by atoms with Crippen molar-refractivity contribution in [1.29, 1.82) is 0 Å². The number of carbonyl (C=O) groups excluding carboxylic acids is 1. The first-order valence-corrected chi connectivity index (χ1v) is 8.05. The second kappa shape index (κ2) is 6.53. The Morgan fingerprint density at radius 1 is 1.47 bits per heavy atom. The van der Waals surface area contributed by atoms with Gasteiger partial charge in [0.05, 0.1) is 6.04 Å². The summed E-state index contributed by atoms with van der Waals surface area (Å²) in [6, 6.07) is 4.47. The van der Waals surface area contributed by atoms with Gasteiger partial charge in [0.2, 0.25) is 5.91 Å². The number of hydrogen-bond donors (Lipinski definition) is 2. The molecule has 1 aliphatic rings. The fraction of sp³-hybridized carbons (Fsp3) is 0.667. The van der Waals surface area contributed by atoms with Crippen molar-refractivity contribution in [2.45, 2.75) is 51.6 Å². The summed E-state index contributed by atoms with van der Waals surface area (Å²) in [6.07, 6.45) is 3.95. The number of amides is 1. The quantitative estimate of drug-likeness (QED) is 0.890. The highest BCUT2D eigenvalue weighted by atomic mass is 32.1. The predicted molar refractivity (Wildman–Crippen MR) is 80.0 cm³/mol. The van der Waals surface area contributed by atoms with Crippen molar-refractivity contribution in [3.05, 3.63) is 22.4 Å². The molecule has 1 amide bonds. The monoisotopic (exact) mass is 280 g/mol. The molecule has 1 saturated carbocycles. The molecule has 1 aromatic rings. The molecule has 3 atom stereocenters. The molecule has 19 heavy (non-hydrogen) atoms. The summed E-state index contributed by atoms with van der Waals surface area (Å²) in [5.41, 5.74) is 5.97. The van der Waals surface area contributed by atoms with E-state index in [0.717, 1.165) is 25.7 Å². The van der Waals surface area contributed by atoms with Crippen molar-refractivity contribution in [2.75, 3.05) is 0 Å². The molecule has 2 rings (SSSR count). The number of carbonyl (C=O) groups is 1. The molecule has 0 aromatic carbocycles. The Balaban J connectivity index is 1.99. The van der Waals surface area contributed by atoms with Gasteiger partial charge in [-0.05, 0) is 36.6 Å². The molecule has 0 radical (unpaired) electrons. The van der Waals surface area contributed by atoms with Crippen molar-refractivity contribution in [1.82, 2.24) is 5.32 Å². The van der Waals surface area contributed by atoms with Crippen molar-refractivity contribution in [3.8, 4) is 0 Å². The van der Waals surface area contributed by atoms with Gasteiger partial charge in [0.25, 0.3) is 0 Å². The summed E-state index contributed by atoms with van der Waals surface area (Å²) in [5, 5.41) is 5.29. The normalized spacial score (nSPS) is 25.3. The third kappa shape index (κ3) is 3.80. The summed E-state index contributed by atoms with van der Waals surface area (Å²) in [7, 11) is 0. The maximum absolute atomic E-state index is 12.4. The zero-order valence-electron chi connectivity index (χ0n) is 11.8. The van der Waals surface area contributed by atoms with E-state index >= 15 is 0 Å². The molecular weight excluding hydrogens is 256 g/mol. The molecule has 3 nitrogen and oxygen atoms in total. The summed E-state index contributed by atoms with van der Waals surface area (Å²) in [6.45, 7) is 4.30. The van der Waals surface area contributed by atoms with E-state index in [4.69, 9.17) is 5.73 Å². The lowest BCUT2D eigenvalue weighted by atomic mass is 9.85. The van der Waals surface area contributed by atoms with E-state index in [0.29, 0.717) is 5.92 Å². The summed E-state index contributed by atoms with van der Waals surface area (Å²) < 4.78 is 0. The number of hydrogen-bond acceptors (Lipinski definition) is 3. The van der Waals surface area contributed by atoms with Crippen LogP contribution in [0.4, 0.5) is 0 Å². The van der Waals surface area contributed by atoms with E-state index in [1.165, 1.54) is 4.88 Å². The van der Waals surface area contributed by atoms with E-state index in [1.54, 1.807) is 11.3 Å². The molecule has 1 heterocycles. The lowest BCUT2D eigenvalue weighted by Gasteiger charge is -2.29. The van der Waals surface area contributed by atoms with Gasteiger partial charge in [-0.3, -0.25) is 4.79 Å². The van der Waals surface area contributed by atoms with Crippen molar-refractivity contribution >= 4 is 17.2 Å². The highest BCUT2D eigenvalue weighted by molar-refractivity contribution is 7.10. The largest absolute Gasteiger partial charge is 0.348 e. The van der Waals surface area contributed by atoms with Gasteiger partial charge in [0.1, 0.15) is 0 Å². The van der Waals surface area contributed by atoms with Crippen LogP contribution in [0.2, 0.25) is 0 Å². The number of thiophene rings is 1. The Bertz CT molecular complexity index is 402. The summed E-state index contributed by atoms with van der Waals surface area (Å²) >= 11 is 1.71. The van der Waals surface area contributed by atoms with Crippen molar-refractivity contribution in [3.63, 3.8) is 0 Å². The standard InChI is InChI=1S/C15H24N2OS/c1-10(2)14(13-7-4-8-19-13)17-15(18)11-5-3-6-12(16)9-11/h4,7-8,10-12,14H,3,5-6,9,16H2,1-2H3,(H,17,18). The van der Waals surface area contributed by atoms with Crippen LogP contribution in [0.5, 0.6) is 0 Å². The van der Waals surface area contributed by atoms with Crippen LogP contribution in [0.15, 0.2) is 17.5 Å². The van der Waals surface area contributed by atoms with Gasteiger partial charge in [0.15, 0.2) is 0 Å². The Morgan fingerprint density at radius 3 is 2.84 bits per heavy atom. The van der Waals surface area contributed by atoms with E-state index in [1.807, 2.05) is 6.07 Å². The second-order valence-electron chi connectivity index (χ2n) is 5.87. The summed E-state index contributed by atoms with van der Waals surface area (Å²) in [4.78, 5) is 13.6. The second-order valence-corrected chi connectivity index (χ2v) is 6.85. The van der Waals surface area contributed by atoms with E-state index in [-0.39, 0.29) is 23.9 Å². The first-order valence-electron chi connectivity index (χ1n) is 7.17. The highest BCUT2D eigenvalue weighted by Crippen LogP contribution is 2.28. The molecule has 3 unspecified atom stereocenters. The highest BCUT2D eigenvalue weighted by Gasteiger charge is 2.28. The summed E-state index contributed by atoms with van der Waals surface area (Å²) in [5.74, 6) is 0.687. The first-order chi connectivity index (χ1) is 9.08. The number of nitrogens with two attached hydrogens (primary N) is 1. The molecule has 1 aromatic heterocycles. The van der Waals surface area contributed by atoms with Gasteiger partial charge >= 0.3 is 0 Å². The molecule has 3 N–H and O–H groups in total. The Hall–Kier alpha value is -0.870. The predicted octanol–water partition coefficient (Wildman–Crippen LogP) is 3.08. The van der Waals surface area contributed by atoms with Gasteiger partial charge < -0.3 is 11.1 Å². The molecular formula is C15H24N2OS. The molecule has 4 heteroatoms. The van der Waals surface area contributed by atoms with E-state index < -0.39 is 0 Å². The van der Waals surface area contributed by atoms with Crippen LogP contribution in [-0.4, -0.2) is 11.9 Å². The Kier molecular flexibility index (Phi) is 4.99. The lowest BCUT2D eigenvalue weighted by molar-refractivity contribution is -0.127. The van der Waals surface area contributed by atoms with Crippen LogP contribution in [0.1, 0.15) is 50.4 Å². The Labute approximate surface area is 119 Å². The third-order valence-corrected chi connectivity index (χ3v) is 4.86. The van der Waals surface area contributed by atoms with Crippen LogP contribution in [0.3, 0.4) is 0 Å². The minimum atomic E-state index is 0.102. The molecule has 0 bridgehead atoms. The lowest BCUT2D eigenvalue weighted by Crippen LogP contribution is -2.40. The average molecular weight is 280 g/mol. The minimum absolute atomic E-state index is 0.102. The molecule has 1 aliphatic carbocycles. The van der Waals surface area contributed by atoms with Crippen LogP contribution < -0.4 is 11.1 Å². The fourth-order valence-corrected chi connectivity index (χ4v) is 3.72. The van der Waals surface area contributed by atoms with Crippen LogP contribution in [-0.2, 0) is 4.79 Å². The SMILES string of the molecule is CC(C)C(NC(=O)C1CCCC(N)C1)c1cccs1. The van der Waals surface area contributed by atoms with Gasteiger partial charge in [-0.25, -0.2) is 0 Å². The van der Waals surface area contributed by atoms with E-state index in [9.17, 15) is 4.79 Å². The average Bonchev–Trinajstić information content (AvgIpc) is 2.88. The minimum Gasteiger partial charge on any atom is -0.348 e. The zero-order valence-corrected chi connectivity index (χ0v) is 12.6. The van der Waals surface area contributed by atoms with E-state index in [2.05, 4.69) is 30.6 Å². The van der Waals surface area contributed by atoms with Crippen LogP contribution >= 0.6 is 11.3 Å². The number of rotatable bonds is 4. The maximum Gasteiger partial charge on any atom is 0.223 e. The molecule has 0 spiro atoms. The molecule has 106 valence electrons. The molecule has 1 fully saturated rings. The Morgan fingerprint density at radius 2 is 2.26 bits per heavy atom. The van der Waals surface area contributed by atoms with Gasteiger partial charge in [-0.15, -0.1) is 11.3 Å². The first kappa shape index (κ1) is 14.5. The van der Waals surface area contributed by atoms with Crippen molar-refractivity contribution in [2.24, 2.45) is 17.6 Å². The maximum atomic E-state index is 12.4. The van der Waals surface area contributed by atoms with Crippen LogP contribution in [0.25, 0.3) is 0 Å². The number of nitrogens with one attached hydrogen (secondary N) is 1. The van der Waals surface area contributed by atoms with Crippen molar-refractivity contribution < 1.29 is 4.79 Å². The molecule has 0 saturated heterocycles. The fourth-order valence-electron chi connectivity index (χ4n) is 2.77. The van der Waals surface area contributed by atoms with Gasteiger partial charge in [-0.1, -0.05) is 26.3 Å². The smallest absolute Gasteiger partial charge is 0.223 e. The zero-order chi connectivity index (χ0) is 13.8. The van der Waals surface area contributed by atoms with Gasteiger partial charge in [0, 0.05) is 16.8 Å². The topological polar surface area (TPSA) is 55.1 Å². The molecule has 0 aliphatic heterocycles. The van der Waals surface area contributed by atoms with Crippen LogP contribution in [0, 0.1) is 11.8 Å². The third-order valence-electron chi connectivity index (χ3n) is 3.90.